The summed E-state index contributed by atoms with van der Waals surface area (Å²) in [5.41, 5.74) is 0.663. The first-order chi connectivity index (χ1) is 13.9. The second kappa shape index (κ2) is 11.3. The monoisotopic (exact) mass is 427 g/mol. The van der Waals surface area contributed by atoms with Gasteiger partial charge in [-0.1, -0.05) is 6.92 Å². The van der Waals surface area contributed by atoms with Crippen LogP contribution in [0.5, 0.6) is 0 Å². The van der Waals surface area contributed by atoms with E-state index in [1.165, 1.54) is 18.4 Å². The number of esters is 2. The predicted octanol–water partition coefficient (Wildman–Crippen LogP) is 1.29. The van der Waals surface area contributed by atoms with Crippen molar-refractivity contribution in [1.29, 1.82) is 0 Å². The number of likely N-dealkylation sites (tertiary alicyclic amines) is 1. The Morgan fingerprint density at radius 3 is 2.62 bits per heavy atom. The van der Waals surface area contributed by atoms with Gasteiger partial charge in [-0.3, -0.25) is 4.79 Å². The SMILES string of the molecule is CCOC(=O)c1c(NC(=O)C[NH+]2CCC[C@@H](C)C2)sc(C(=O)OCCOC)c1C. The van der Waals surface area contributed by atoms with Gasteiger partial charge in [0, 0.05) is 13.0 Å². The van der Waals surface area contributed by atoms with E-state index in [0.717, 1.165) is 30.8 Å². The summed E-state index contributed by atoms with van der Waals surface area (Å²) in [6.07, 6.45) is 2.30. The van der Waals surface area contributed by atoms with Crippen molar-refractivity contribution in [3.8, 4) is 0 Å². The largest absolute Gasteiger partial charge is 0.462 e. The fourth-order valence-electron chi connectivity index (χ4n) is 3.48. The fourth-order valence-corrected chi connectivity index (χ4v) is 4.59. The summed E-state index contributed by atoms with van der Waals surface area (Å²) >= 11 is 1.04. The van der Waals surface area contributed by atoms with Crippen LogP contribution in [0.4, 0.5) is 5.00 Å². The highest BCUT2D eigenvalue weighted by molar-refractivity contribution is 7.18. The summed E-state index contributed by atoms with van der Waals surface area (Å²) in [4.78, 5) is 39.0. The van der Waals surface area contributed by atoms with Gasteiger partial charge in [-0.25, -0.2) is 9.59 Å². The molecule has 1 aromatic heterocycles. The summed E-state index contributed by atoms with van der Waals surface area (Å²) in [6, 6.07) is 0. The number of anilines is 1. The molecule has 162 valence electrons. The zero-order valence-corrected chi connectivity index (χ0v) is 18.4. The van der Waals surface area contributed by atoms with Crippen molar-refractivity contribution in [2.45, 2.75) is 33.6 Å². The molecular weight excluding hydrogens is 396 g/mol. The molecule has 8 nitrogen and oxygen atoms in total. The second-order valence-corrected chi connectivity index (χ2v) is 8.31. The molecule has 9 heteroatoms. The number of quaternary nitrogens is 1. The van der Waals surface area contributed by atoms with E-state index >= 15 is 0 Å². The zero-order valence-electron chi connectivity index (χ0n) is 17.6. The van der Waals surface area contributed by atoms with E-state index in [-0.39, 0.29) is 36.2 Å². The minimum absolute atomic E-state index is 0.111. The van der Waals surface area contributed by atoms with E-state index in [1.54, 1.807) is 13.8 Å². The standard InChI is InChI=1S/C20H30N2O6S/c1-5-27-19(24)16-14(3)17(20(25)28-10-9-26-4)29-18(16)21-15(23)12-22-8-6-7-13(2)11-22/h13H,5-12H2,1-4H3,(H,21,23)/p+1/t13-/m1/s1. The van der Waals surface area contributed by atoms with Crippen LogP contribution in [0.25, 0.3) is 0 Å². The number of hydrogen-bond donors (Lipinski definition) is 2. The number of ether oxygens (including phenoxy) is 3. The zero-order chi connectivity index (χ0) is 21.4. The summed E-state index contributed by atoms with van der Waals surface area (Å²) in [5.74, 6) is -0.697. The molecule has 1 amide bonds. The van der Waals surface area contributed by atoms with Crippen LogP contribution in [0.1, 0.15) is 52.3 Å². The maximum Gasteiger partial charge on any atom is 0.348 e. The number of carbonyl (C=O) groups is 3. The Morgan fingerprint density at radius 1 is 1.21 bits per heavy atom. The van der Waals surface area contributed by atoms with Gasteiger partial charge in [-0.15, -0.1) is 11.3 Å². The first kappa shape index (κ1) is 23.3. The number of carbonyl (C=O) groups excluding carboxylic acids is 3. The molecule has 1 aliphatic heterocycles. The van der Waals surface area contributed by atoms with Crippen LogP contribution in [-0.2, 0) is 19.0 Å². The molecule has 0 bridgehead atoms. The molecule has 2 heterocycles. The first-order valence-electron chi connectivity index (χ1n) is 9.97. The van der Waals surface area contributed by atoms with Crippen molar-refractivity contribution in [3.05, 3.63) is 16.0 Å². The lowest BCUT2D eigenvalue weighted by Gasteiger charge is -2.27. The molecule has 1 aromatic rings. The van der Waals surface area contributed by atoms with E-state index in [1.807, 2.05) is 0 Å². The number of nitrogens with one attached hydrogen (secondary N) is 2. The van der Waals surface area contributed by atoms with E-state index in [0.29, 0.717) is 23.0 Å². The van der Waals surface area contributed by atoms with Gasteiger partial charge in [0.1, 0.15) is 16.5 Å². The van der Waals surface area contributed by atoms with E-state index in [2.05, 4.69) is 12.2 Å². The molecule has 0 aromatic carbocycles. The Bertz CT molecular complexity index is 733. The maximum absolute atomic E-state index is 12.6. The molecular formula is C20H31N2O6S+. The minimum atomic E-state index is -0.563. The molecule has 29 heavy (non-hydrogen) atoms. The third kappa shape index (κ3) is 6.52. The molecule has 1 saturated heterocycles. The van der Waals surface area contributed by atoms with Gasteiger partial charge in [-0.2, -0.15) is 0 Å². The van der Waals surface area contributed by atoms with Crippen molar-refractivity contribution in [3.63, 3.8) is 0 Å². The smallest absolute Gasteiger partial charge is 0.348 e. The van der Waals surface area contributed by atoms with Gasteiger partial charge in [0.15, 0.2) is 6.54 Å². The Labute approximate surface area is 175 Å². The summed E-state index contributed by atoms with van der Waals surface area (Å²) < 4.78 is 15.2. The van der Waals surface area contributed by atoms with Crippen molar-refractivity contribution in [1.82, 2.24) is 0 Å². The van der Waals surface area contributed by atoms with Crippen LogP contribution in [0, 0.1) is 12.8 Å². The molecule has 0 spiro atoms. The van der Waals surface area contributed by atoms with Crippen LogP contribution >= 0.6 is 11.3 Å². The van der Waals surface area contributed by atoms with Gasteiger partial charge < -0.3 is 24.4 Å². The van der Waals surface area contributed by atoms with Gasteiger partial charge >= 0.3 is 11.9 Å². The van der Waals surface area contributed by atoms with Crippen LogP contribution in [0.3, 0.4) is 0 Å². The number of thiophene rings is 1. The molecule has 1 aliphatic rings. The van der Waals surface area contributed by atoms with Gasteiger partial charge in [-0.05, 0) is 32.3 Å². The van der Waals surface area contributed by atoms with Crippen LogP contribution in [0.15, 0.2) is 0 Å². The van der Waals surface area contributed by atoms with E-state index in [9.17, 15) is 14.4 Å². The molecule has 1 unspecified atom stereocenters. The third-order valence-electron chi connectivity index (χ3n) is 4.86. The fraction of sp³-hybridized carbons (Fsp3) is 0.650. The molecule has 2 rings (SSSR count). The molecule has 0 aliphatic carbocycles. The minimum Gasteiger partial charge on any atom is -0.462 e. The molecule has 2 atom stereocenters. The molecule has 1 fully saturated rings. The third-order valence-corrected chi connectivity index (χ3v) is 6.05. The average molecular weight is 428 g/mol. The number of methoxy groups -OCH3 is 1. The molecule has 2 N–H and O–H groups in total. The topological polar surface area (TPSA) is 95.4 Å². The highest BCUT2D eigenvalue weighted by Gasteiger charge is 2.29. The normalized spacial score (nSPS) is 18.9. The quantitative estimate of drug-likeness (QED) is 0.456. The van der Waals surface area contributed by atoms with Crippen LogP contribution < -0.4 is 10.2 Å². The van der Waals surface area contributed by atoms with E-state index in [4.69, 9.17) is 14.2 Å². The van der Waals surface area contributed by atoms with Crippen molar-refractivity contribution in [2.24, 2.45) is 5.92 Å². The van der Waals surface area contributed by atoms with Gasteiger partial charge in [0.05, 0.1) is 31.9 Å². The van der Waals surface area contributed by atoms with Crippen molar-refractivity contribution in [2.75, 3.05) is 51.9 Å². The summed E-state index contributed by atoms with van der Waals surface area (Å²) in [6.45, 7) is 8.40. The lowest BCUT2D eigenvalue weighted by atomic mass is 10.0. The number of rotatable bonds is 9. The first-order valence-corrected chi connectivity index (χ1v) is 10.8. The second-order valence-electron chi connectivity index (χ2n) is 7.29. The van der Waals surface area contributed by atoms with Gasteiger partial charge in [0.25, 0.3) is 5.91 Å². The lowest BCUT2D eigenvalue weighted by molar-refractivity contribution is -0.900. The number of amides is 1. The number of hydrogen-bond acceptors (Lipinski definition) is 7. The Kier molecular flexibility index (Phi) is 9.06. The van der Waals surface area contributed by atoms with Gasteiger partial charge in [0.2, 0.25) is 0 Å². The number of piperidine rings is 1. The Hall–Kier alpha value is -1.97. The summed E-state index contributed by atoms with van der Waals surface area (Å²) in [5, 5.41) is 3.15. The highest BCUT2D eigenvalue weighted by Crippen LogP contribution is 2.34. The van der Waals surface area contributed by atoms with Crippen molar-refractivity contribution >= 4 is 34.2 Å². The Balaban J connectivity index is 2.17. The predicted molar refractivity (Wildman–Crippen MR) is 110 cm³/mol. The maximum atomic E-state index is 12.6. The molecule has 0 radical (unpaired) electrons. The van der Waals surface area contributed by atoms with Crippen molar-refractivity contribution < 1.29 is 33.5 Å². The average Bonchev–Trinajstić information content (AvgIpc) is 2.98. The van der Waals surface area contributed by atoms with E-state index < -0.39 is 11.9 Å². The molecule has 0 saturated carbocycles. The van der Waals surface area contributed by atoms with Crippen LogP contribution in [-0.4, -0.2) is 64.4 Å². The lowest BCUT2D eigenvalue weighted by Crippen LogP contribution is -3.14. The summed E-state index contributed by atoms with van der Waals surface area (Å²) in [7, 11) is 1.52. The van der Waals surface area contributed by atoms with Crippen LogP contribution in [0.2, 0.25) is 0 Å². The highest BCUT2D eigenvalue weighted by atomic mass is 32.1. The Morgan fingerprint density at radius 2 is 1.97 bits per heavy atom.